The SMILES string of the molecule is CC(F)(F)Cc1cnc2c(Cl)c(-c3ccc(N[C@H]4CC[C@H](O)CC4)c(Cl)c3)ccn12. The highest BCUT2D eigenvalue weighted by Gasteiger charge is 2.25. The number of aromatic nitrogens is 2. The van der Waals surface area contributed by atoms with Crippen LogP contribution in [-0.2, 0) is 6.42 Å². The fourth-order valence-electron chi connectivity index (χ4n) is 3.98. The summed E-state index contributed by atoms with van der Waals surface area (Å²) in [7, 11) is 0. The molecule has 4 rings (SSSR count). The lowest BCUT2D eigenvalue weighted by molar-refractivity contribution is 0.0214. The molecule has 0 atom stereocenters. The number of alkyl halides is 2. The van der Waals surface area contributed by atoms with Crippen LogP contribution in [0.15, 0.2) is 36.7 Å². The molecule has 160 valence electrons. The highest BCUT2D eigenvalue weighted by Crippen LogP contribution is 2.36. The summed E-state index contributed by atoms with van der Waals surface area (Å²) in [5.41, 5.74) is 3.24. The van der Waals surface area contributed by atoms with Crippen molar-refractivity contribution in [3.8, 4) is 11.1 Å². The van der Waals surface area contributed by atoms with Crippen molar-refractivity contribution >= 4 is 34.5 Å². The van der Waals surface area contributed by atoms with Gasteiger partial charge < -0.3 is 14.8 Å². The third-order valence-corrected chi connectivity index (χ3v) is 6.21. The number of rotatable bonds is 5. The van der Waals surface area contributed by atoms with Crippen LogP contribution in [0, 0.1) is 0 Å². The molecule has 30 heavy (non-hydrogen) atoms. The summed E-state index contributed by atoms with van der Waals surface area (Å²) in [6, 6.07) is 7.75. The van der Waals surface area contributed by atoms with Crippen LogP contribution < -0.4 is 5.32 Å². The minimum Gasteiger partial charge on any atom is -0.393 e. The topological polar surface area (TPSA) is 49.6 Å². The molecule has 1 aliphatic carbocycles. The van der Waals surface area contributed by atoms with E-state index in [9.17, 15) is 13.9 Å². The van der Waals surface area contributed by atoms with E-state index in [1.54, 1.807) is 16.7 Å². The normalized spacial score (nSPS) is 19.9. The van der Waals surface area contributed by atoms with Gasteiger partial charge in [-0.25, -0.2) is 13.8 Å². The largest absolute Gasteiger partial charge is 0.393 e. The van der Waals surface area contributed by atoms with Gasteiger partial charge in [-0.3, -0.25) is 0 Å². The van der Waals surface area contributed by atoms with Crippen LogP contribution in [-0.4, -0.2) is 32.6 Å². The smallest absolute Gasteiger partial charge is 0.250 e. The van der Waals surface area contributed by atoms with Gasteiger partial charge in [0.2, 0.25) is 0 Å². The number of hydrogen-bond acceptors (Lipinski definition) is 3. The van der Waals surface area contributed by atoms with E-state index in [2.05, 4.69) is 10.3 Å². The summed E-state index contributed by atoms with van der Waals surface area (Å²) in [5.74, 6) is -2.83. The van der Waals surface area contributed by atoms with Crippen molar-refractivity contribution in [1.82, 2.24) is 9.38 Å². The van der Waals surface area contributed by atoms with Crippen molar-refractivity contribution in [2.75, 3.05) is 5.32 Å². The average Bonchev–Trinajstić information content (AvgIpc) is 3.07. The summed E-state index contributed by atoms with van der Waals surface area (Å²) in [5, 5.41) is 14.1. The maximum Gasteiger partial charge on any atom is 0.250 e. The Morgan fingerprint density at radius 2 is 1.93 bits per heavy atom. The van der Waals surface area contributed by atoms with Crippen molar-refractivity contribution in [2.45, 2.75) is 57.1 Å². The molecule has 4 nitrogen and oxygen atoms in total. The summed E-state index contributed by atoms with van der Waals surface area (Å²) in [6.45, 7) is 0.884. The highest BCUT2D eigenvalue weighted by atomic mass is 35.5. The number of aliphatic hydroxyl groups is 1. The maximum atomic E-state index is 13.4. The average molecular weight is 454 g/mol. The van der Waals surface area contributed by atoms with Gasteiger partial charge in [0.05, 0.1) is 28.3 Å². The van der Waals surface area contributed by atoms with Crippen LogP contribution in [0.1, 0.15) is 38.3 Å². The van der Waals surface area contributed by atoms with Gasteiger partial charge in [-0.2, -0.15) is 0 Å². The van der Waals surface area contributed by atoms with E-state index in [1.807, 2.05) is 18.2 Å². The number of hydrogen-bond donors (Lipinski definition) is 2. The second-order valence-electron chi connectivity index (χ2n) is 8.08. The van der Waals surface area contributed by atoms with Gasteiger partial charge >= 0.3 is 0 Å². The zero-order chi connectivity index (χ0) is 21.5. The van der Waals surface area contributed by atoms with Crippen LogP contribution in [0.4, 0.5) is 14.5 Å². The first-order chi connectivity index (χ1) is 14.2. The van der Waals surface area contributed by atoms with E-state index in [4.69, 9.17) is 23.2 Å². The molecule has 2 N–H and O–H groups in total. The van der Waals surface area contributed by atoms with Crippen LogP contribution in [0.3, 0.4) is 0 Å². The van der Waals surface area contributed by atoms with Crippen molar-refractivity contribution in [3.05, 3.63) is 52.4 Å². The van der Waals surface area contributed by atoms with Crippen LogP contribution >= 0.6 is 23.2 Å². The molecule has 8 heteroatoms. The van der Waals surface area contributed by atoms with E-state index in [1.165, 1.54) is 6.20 Å². The van der Waals surface area contributed by atoms with Crippen LogP contribution in [0.5, 0.6) is 0 Å². The molecular formula is C22H23Cl2F2N3O. The molecule has 2 aromatic heterocycles. The van der Waals surface area contributed by atoms with Crippen molar-refractivity contribution in [1.29, 1.82) is 0 Å². The van der Waals surface area contributed by atoms with Gasteiger partial charge in [-0.05, 0) is 56.4 Å². The lowest BCUT2D eigenvalue weighted by atomic mass is 9.93. The van der Waals surface area contributed by atoms with E-state index >= 15 is 0 Å². The monoisotopic (exact) mass is 453 g/mol. The Bertz CT molecular complexity index is 1060. The lowest BCUT2D eigenvalue weighted by Gasteiger charge is -2.27. The number of halogens is 4. The minimum atomic E-state index is -2.83. The third-order valence-electron chi connectivity index (χ3n) is 5.52. The number of nitrogens with one attached hydrogen (secondary N) is 1. The van der Waals surface area contributed by atoms with Gasteiger partial charge in [0, 0.05) is 29.7 Å². The Morgan fingerprint density at radius 3 is 2.60 bits per heavy atom. The first-order valence-electron chi connectivity index (χ1n) is 9.98. The number of imidazole rings is 1. The Labute approximate surface area is 183 Å². The number of nitrogens with zero attached hydrogens (tertiary/aromatic N) is 2. The molecule has 0 unspecified atom stereocenters. The van der Waals surface area contributed by atoms with E-state index in [0.717, 1.165) is 49.4 Å². The molecular weight excluding hydrogens is 431 g/mol. The van der Waals surface area contributed by atoms with E-state index in [-0.39, 0.29) is 12.1 Å². The first-order valence-corrected chi connectivity index (χ1v) is 10.7. The molecule has 0 amide bonds. The number of benzene rings is 1. The van der Waals surface area contributed by atoms with E-state index < -0.39 is 12.3 Å². The first kappa shape index (κ1) is 21.3. The van der Waals surface area contributed by atoms with Gasteiger partial charge in [0.15, 0.2) is 5.65 Å². The number of aliphatic hydroxyl groups excluding tert-OH is 1. The quantitative estimate of drug-likeness (QED) is 0.481. The zero-order valence-corrected chi connectivity index (χ0v) is 18.0. The van der Waals surface area contributed by atoms with Crippen LogP contribution in [0.2, 0.25) is 10.0 Å². The number of pyridine rings is 1. The molecule has 2 heterocycles. The molecule has 3 aromatic rings. The van der Waals surface area contributed by atoms with Gasteiger partial charge in [0.1, 0.15) is 0 Å². The molecule has 1 aromatic carbocycles. The standard InChI is InChI=1S/C22H23Cl2F2N3O/c1-22(25,26)11-15-12-27-21-20(24)17(8-9-29(15)21)13-2-7-19(18(23)10-13)28-14-3-5-16(30)6-4-14/h2,7-10,12,14,16,28,30H,3-6,11H2,1H3/t14-,16-. The summed E-state index contributed by atoms with van der Waals surface area (Å²) in [4.78, 5) is 4.24. The van der Waals surface area contributed by atoms with Gasteiger partial charge in [-0.15, -0.1) is 0 Å². The molecule has 1 aliphatic rings. The Kier molecular flexibility index (Phi) is 5.93. The molecule has 0 saturated heterocycles. The second-order valence-corrected chi connectivity index (χ2v) is 8.86. The Hall–Kier alpha value is -1.89. The van der Waals surface area contributed by atoms with Crippen molar-refractivity contribution in [2.24, 2.45) is 0 Å². The second kappa shape index (κ2) is 8.33. The predicted octanol–water partition coefficient (Wildman–Crippen LogP) is 6.22. The highest BCUT2D eigenvalue weighted by molar-refractivity contribution is 6.36. The molecule has 1 saturated carbocycles. The Morgan fingerprint density at radius 1 is 1.20 bits per heavy atom. The predicted molar refractivity (Wildman–Crippen MR) is 117 cm³/mol. The Balaban J connectivity index is 1.59. The minimum absolute atomic E-state index is 0.204. The molecule has 1 fully saturated rings. The fourth-order valence-corrected chi connectivity index (χ4v) is 4.53. The van der Waals surface area contributed by atoms with Crippen molar-refractivity contribution < 1.29 is 13.9 Å². The molecule has 0 aliphatic heterocycles. The van der Waals surface area contributed by atoms with Gasteiger partial charge in [0.25, 0.3) is 5.92 Å². The van der Waals surface area contributed by atoms with Crippen LogP contribution in [0.25, 0.3) is 16.8 Å². The van der Waals surface area contributed by atoms with E-state index in [0.29, 0.717) is 21.4 Å². The fraction of sp³-hybridized carbons (Fsp3) is 0.409. The number of anilines is 1. The molecule has 0 radical (unpaired) electrons. The maximum absolute atomic E-state index is 13.4. The third kappa shape index (κ3) is 4.56. The molecule has 0 bridgehead atoms. The molecule has 0 spiro atoms. The summed E-state index contributed by atoms with van der Waals surface area (Å²) in [6.07, 6.45) is 5.92. The summed E-state index contributed by atoms with van der Waals surface area (Å²) >= 11 is 13.1. The zero-order valence-electron chi connectivity index (χ0n) is 16.5. The van der Waals surface area contributed by atoms with Crippen molar-refractivity contribution in [3.63, 3.8) is 0 Å². The summed E-state index contributed by atoms with van der Waals surface area (Å²) < 4.78 is 28.4. The van der Waals surface area contributed by atoms with Gasteiger partial charge in [-0.1, -0.05) is 29.3 Å². The number of fused-ring (bicyclic) bond motifs is 1. The lowest BCUT2D eigenvalue weighted by Crippen LogP contribution is -2.28.